The molecule has 1 unspecified atom stereocenters. The van der Waals surface area contributed by atoms with Crippen molar-refractivity contribution < 1.29 is 29.0 Å². The lowest BCUT2D eigenvalue weighted by Crippen LogP contribution is -2.27. The van der Waals surface area contributed by atoms with E-state index in [4.69, 9.17) is 10.2 Å². The van der Waals surface area contributed by atoms with E-state index in [1.807, 2.05) is 0 Å². The van der Waals surface area contributed by atoms with Gasteiger partial charge in [0.1, 0.15) is 11.7 Å². The van der Waals surface area contributed by atoms with E-state index in [0.717, 1.165) is 18.2 Å². The molecule has 0 aliphatic heterocycles. The Kier molecular flexibility index (Phi) is 3.98. The molecule has 96 valence electrons. The first kappa shape index (κ1) is 13.6. The predicted octanol–water partition coefficient (Wildman–Crippen LogP) is 1.18. The minimum absolute atomic E-state index is 0.0203. The zero-order valence-electron chi connectivity index (χ0n) is 9.31. The molecule has 18 heavy (non-hydrogen) atoms. The average molecular weight is 255 g/mol. The van der Waals surface area contributed by atoms with Crippen LogP contribution >= 0.6 is 0 Å². The van der Waals surface area contributed by atoms with Crippen LogP contribution in [0.5, 0.6) is 0 Å². The highest BCUT2D eigenvalue weighted by atomic mass is 19.1. The maximum atomic E-state index is 13.1. The van der Waals surface area contributed by atoms with Gasteiger partial charge in [-0.2, -0.15) is 0 Å². The van der Waals surface area contributed by atoms with Crippen molar-refractivity contribution in [3.05, 3.63) is 29.6 Å². The van der Waals surface area contributed by atoms with Crippen LogP contribution in [-0.4, -0.2) is 28.1 Å². The molecule has 1 aromatic carbocycles. The van der Waals surface area contributed by atoms with E-state index in [9.17, 15) is 18.8 Å². The number of halogens is 1. The summed E-state index contributed by atoms with van der Waals surface area (Å²) in [5, 5.41) is 19.5. The van der Waals surface area contributed by atoms with Crippen LogP contribution in [0.1, 0.15) is 17.3 Å². The summed E-state index contributed by atoms with van der Waals surface area (Å²) in [4.78, 5) is 32.6. The number of nitrogens with one attached hydrogen (secondary N) is 1. The number of aliphatic carboxylic acids is 1. The number of carboxylic acid groups (broad SMARTS) is 2. The minimum atomic E-state index is -1.48. The molecule has 7 heteroatoms. The lowest BCUT2D eigenvalue weighted by molar-refractivity contribution is -0.144. The fraction of sp³-hybridized carbons (Fsp3) is 0.182. The number of rotatable bonds is 4. The number of benzene rings is 1. The Morgan fingerprint density at radius 3 is 2.39 bits per heavy atom. The largest absolute Gasteiger partial charge is 0.481 e. The summed E-state index contributed by atoms with van der Waals surface area (Å²) in [6, 6.07) is 2.95. The Labute approximate surface area is 101 Å². The van der Waals surface area contributed by atoms with Gasteiger partial charge in [-0.15, -0.1) is 0 Å². The highest BCUT2D eigenvalue weighted by Crippen LogP contribution is 2.15. The van der Waals surface area contributed by atoms with Gasteiger partial charge in [-0.1, -0.05) is 0 Å². The molecule has 1 atom stereocenters. The predicted molar refractivity (Wildman–Crippen MR) is 58.8 cm³/mol. The molecule has 0 saturated heterocycles. The Morgan fingerprint density at radius 2 is 1.89 bits per heavy atom. The summed E-state index contributed by atoms with van der Waals surface area (Å²) in [5.41, 5.74) is -0.581. The van der Waals surface area contributed by atoms with Gasteiger partial charge in [-0.25, -0.2) is 9.18 Å². The van der Waals surface area contributed by atoms with Crippen molar-refractivity contribution in [2.45, 2.75) is 6.92 Å². The number of aromatic carboxylic acids is 1. The summed E-state index contributed by atoms with van der Waals surface area (Å²) in [5.74, 6) is -5.83. The van der Waals surface area contributed by atoms with Gasteiger partial charge in [0.05, 0.1) is 5.56 Å². The van der Waals surface area contributed by atoms with Crippen LogP contribution in [0, 0.1) is 11.7 Å². The van der Waals surface area contributed by atoms with Crippen molar-refractivity contribution in [1.29, 1.82) is 0 Å². The van der Waals surface area contributed by atoms with Crippen LogP contribution in [0.2, 0.25) is 0 Å². The molecule has 0 saturated carbocycles. The van der Waals surface area contributed by atoms with Crippen LogP contribution in [-0.2, 0) is 9.59 Å². The number of carboxylic acids is 2. The summed E-state index contributed by atoms with van der Waals surface area (Å²) in [7, 11) is 0. The van der Waals surface area contributed by atoms with Crippen molar-refractivity contribution in [3.8, 4) is 0 Å². The van der Waals surface area contributed by atoms with Gasteiger partial charge in [-0.3, -0.25) is 9.59 Å². The maximum absolute atomic E-state index is 13.1. The second-order valence-electron chi connectivity index (χ2n) is 3.55. The topological polar surface area (TPSA) is 104 Å². The van der Waals surface area contributed by atoms with E-state index in [1.54, 1.807) is 0 Å². The smallest absolute Gasteiger partial charge is 0.338 e. The third kappa shape index (κ3) is 3.03. The first-order valence-electron chi connectivity index (χ1n) is 4.89. The SMILES string of the molecule is CC(C(=O)O)C(=O)Nc1ccc(F)c(C(=O)O)c1. The Hall–Kier alpha value is -2.44. The molecule has 0 aliphatic rings. The molecule has 3 N–H and O–H groups in total. The number of hydrogen-bond donors (Lipinski definition) is 3. The van der Waals surface area contributed by atoms with E-state index in [1.165, 1.54) is 6.92 Å². The number of anilines is 1. The molecule has 0 fully saturated rings. The van der Waals surface area contributed by atoms with Gasteiger partial charge in [-0.05, 0) is 25.1 Å². The van der Waals surface area contributed by atoms with E-state index < -0.39 is 35.1 Å². The van der Waals surface area contributed by atoms with Gasteiger partial charge in [0.25, 0.3) is 0 Å². The highest BCUT2D eigenvalue weighted by Gasteiger charge is 2.21. The van der Waals surface area contributed by atoms with Crippen LogP contribution in [0.15, 0.2) is 18.2 Å². The number of carbonyl (C=O) groups excluding carboxylic acids is 1. The summed E-state index contributed by atoms with van der Waals surface area (Å²) in [6.45, 7) is 1.18. The second kappa shape index (κ2) is 5.26. The van der Waals surface area contributed by atoms with Gasteiger partial charge >= 0.3 is 11.9 Å². The first-order valence-corrected chi connectivity index (χ1v) is 4.89. The molecule has 0 aromatic heterocycles. The van der Waals surface area contributed by atoms with Crippen molar-refractivity contribution in [1.82, 2.24) is 0 Å². The number of amides is 1. The third-order valence-electron chi connectivity index (χ3n) is 2.23. The van der Waals surface area contributed by atoms with Crippen LogP contribution < -0.4 is 5.32 Å². The zero-order chi connectivity index (χ0) is 13.9. The van der Waals surface area contributed by atoms with Gasteiger partial charge in [0.15, 0.2) is 0 Å². The number of carbonyl (C=O) groups is 3. The highest BCUT2D eigenvalue weighted by molar-refractivity contribution is 6.04. The van der Waals surface area contributed by atoms with Gasteiger partial charge < -0.3 is 15.5 Å². The van der Waals surface area contributed by atoms with E-state index >= 15 is 0 Å². The normalized spacial score (nSPS) is 11.7. The first-order chi connectivity index (χ1) is 8.32. The standard InChI is InChI=1S/C11H10FNO5/c1-5(10(15)16)9(14)13-6-2-3-8(12)7(4-6)11(17)18/h2-5H,1H3,(H,13,14)(H,15,16)(H,17,18). The second-order valence-corrected chi connectivity index (χ2v) is 3.55. The van der Waals surface area contributed by atoms with E-state index in [2.05, 4.69) is 5.32 Å². The fourth-order valence-corrected chi connectivity index (χ4v) is 1.13. The zero-order valence-corrected chi connectivity index (χ0v) is 9.31. The Bertz CT molecular complexity index is 514. The molecule has 0 heterocycles. The molecule has 1 aromatic rings. The summed E-state index contributed by atoms with van der Waals surface area (Å²) >= 11 is 0. The molecule has 0 bridgehead atoms. The third-order valence-corrected chi connectivity index (χ3v) is 2.23. The molecule has 6 nitrogen and oxygen atoms in total. The lowest BCUT2D eigenvalue weighted by atomic mass is 10.1. The minimum Gasteiger partial charge on any atom is -0.481 e. The molecular formula is C11H10FNO5. The quantitative estimate of drug-likeness (QED) is 0.701. The van der Waals surface area contributed by atoms with Gasteiger partial charge in [0.2, 0.25) is 5.91 Å². The van der Waals surface area contributed by atoms with E-state index in [0.29, 0.717) is 0 Å². The average Bonchev–Trinajstić information content (AvgIpc) is 2.29. The van der Waals surface area contributed by atoms with Gasteiger partial charge in [0, 0.05) is 5.69 Å². The lowest BCUT2D eigenvalue weighted by Gasteiger charge is -2.09. The van der Waals surface area contributed by atoms with Crippen LogP contribution in [0.4, 0.5) is 10.1 Å². The molecule has 0 aliphatic carbocycles. The maximum Gasteiger partial charge on any atom is 0.338 e. The van der Waals surface area contributed by atoms with Crippen molar-refractivity contribution in [2.75, 3.05) is 5.32 Å². The summed E-state index contributed by atoms with van der Waals surface area (Å²) < 4.78 is 13.1. The summed E-state index contributed by atoms with van der Waals surface area (Å²) in [6.07, 6.45) is 0. The van der Waals surface area contributed by atoms with Crippen molar-refractivity contribution >= 4 is 23.5 Å². The van der Waals surface area contributed by atoms with Crippen molar-refractivity contribution in [2.24, 2.45) is 5.92 Å². The van der Waals surface area contributed by atoms with Crippen LogP contribution in [0.3, 0.4) is 0 Å². The molecule has 1 rings (SSSR count). The van der Waals surface area contributed by atoms with Crippen LogP contribution in [0.25, 0.3) is 0 Å². The molecular weight excluding hydrogens is 245 g/mol. The van der Waals surface area contributed by atoms with E-state index in [-0.39, 0.29) is 5.69 Å². The molecule has 0 radical (unpaired) electrons. The van der Waals surface area contributed by atoms with Crippen molar-refractivity contribution in [3.63, 3.8) is 0 Å². The Morgan fingerprint density at radius 1 is 1.28 bits per heavy atom. The Balaban J connectivity index is 2.93. The number of hydrogen-bond acceptors (Lipinski definition) is 3. The molecule has 1 amide bonds. The fourth-order valence-electron chi connectivity index (χ4n) is 1.13. The molecule has 0 spiro atoms. The monoisotopic (exact) mass is 255 g/mol.